The highest BCUT2D eigenvalue weighted by molar-refractivity contribution is 7.99. The number of aliphatic imine (C=N–C) groups is 1. The molecule has 9 heteroatoms. The van der Waals surface area contributed by atoms with Crippen LogP contribution in [0.3, 0.4) is 0 Å². The second kappa shape index (κ2) is 8.55. The topological polar surface area (TPSA) is 12.4 Å². The molecule has 0 aliphatic carbocycles. The molecule has 0 bridgehead atoms. The van der Waals surface area contributed by atoms with Gasteiger partial charge in [-0.1, -0.05) is 19.1 Å². The van der Waals surface area contributed by atoms with Crippen LogP contribution in [0.4, 0.5) is 36.4 Å². The predicted octanol–water partition coefficient (Wildman–Crippen LogP) is 7.34. The van der Waals surface area contributed by atoms with Gasteiger partial charge in [-0.25, -0.2) is 9.38 Å². The minimum absolute atomic E-state index is 0.168. The van der Waals surface area contributed by atoms with Crippen molar-refractivity contribution in [3.8, 4) is 0 Å². The molecule has 0 amide bonds. The van der Waals surface area contributed by atoms with Crippen molar-refractivity contribution in [2.75, 3.05) is 5.75 Å². The van der Waals surface area contributed by atoms with E-state index in [0.717, 1.165) is 18.2 Å². The Balaban J connectivity index is 2.44. The first kappa shape index (κ1) is 22.3. The van der Waals surface area contributed by atoms with Crippen molar-refractivity contribution in [1.82, 2.24) is 0 Å². The van der Waals surface area contributed by atoms with Crippen molar-refractivity contribution < 1.29 is 30.7 Å². The highest BCUT2D eigenvalue weighted by Gasteiger charge is 2.30. The molecule has 0 radical (unpaired) electrons. The molecule has 0 atom stereocenters. The standard InChI is InChI=1S/C19H16F7NS/c1-3-15(12-5-4-6-13(8-12)19(24,25)26)27-16-9-17(11(2)7-14(16)20)28-10-18(21,22)23/h4-9H,3,10H2,1-2H3. The molecule has 2 rings (SSSR count). The zero-order valence-electron chi connectivity index (χ0n) is 14.9. The Morgan fingerprint density at radius 3 is 2.29 bits per heavy atom. The van der Waals surface area contributed by atoms with Crippen LogP contribution in [0.15, 0.2) is 46.3 Å². The SMILES string of the molecule is CCC(=Nc1cc(SCC(F)(F)F)c(C)cc1F)c1cccc(C(F)(F)F)c1. The second-order valence-electron chi connectivity index (χ2n) is 5.96. The third-order valence-corrected chi connectivity index (χ3v) is 4.97. The summed E-state index contributed by atoms with van der Waals surface area (Å²) in [4.78, 5) is 4.30. The Labute approximate surface area is 161 Å². The van der Waals surface area contributed by atoms with Gasteiger partial charge < -0.3 is 0 Å². The zero-order chi connectivity index (χ0) is 21.1. The maximum absolute atomic E-state index is 14.3. The molecule has 152 valence electrons. The van der Waals surface area contributed by atoms with E-state index in [0.29, 0.717) is 17.3 Å². The normalized spacial score (nSPS) is 13.1. The first-order chi connectivity index (χ1) is 12.9. The van der Waals surface area contributed by atoms with Crippen molar-refractivity contribution in [3.05, 3.63) is 58.9 Å². The summed E-state index contributed by atoms with van der Waals surface area (Å²) in [5.41, 5.74) is -0.397. The van der Waals surface area contributed by atoms with Gasteiger partial charge in [-0.05, 0) is 48.7 Å². The summed E-state index contributed by atoms with van der Waals surface area (Å²) in [6, 6.07) is 6.71. The van der Waals surface area contributed by atoms with E-state index in [1.807, 2.05) is 0 Å². The second-order valence-corrected chi connectivity index (χ2v) is 6.98. The summed E-state index contributed by atoms with van der Waals surface area (Å²) in [5.74, 6) is -1.90. The third-order valence-electron chi connectivity index (χ3n) is 3.75. The van der Waals surface area contributed by atoms with E-state index in [1.54, 1.807) is 6.92 Å². The number of halogens is 7. The van der Waals surface area contributed by atoms with Gasteiger partial charge in [-0.2, -0.15) is 26.3 Å². The zero-order valence-corrected chi connectivity index (χ0v) is 15.7. The molecule has 0 fully saturated rings. The molecule has 0 aliphatic rings. The molecule has 0 heterocycles. The molecule has 0 spiro atoms. The summed E-state index contributed by atoms with van der Waals surface area (Å²) >= 11 is 0.503. The number of aryl methyl sites for hydroxylation is 1. The van der Waals surface area contributed by atoms with Gasteiger partial charge >= 0.3 is 12.4 Å². The van der Waals surface area contributed by atoms with E-state index < -0.39 is 29.5 Å². The molecule has 2 aromatic carbocycles. The molecule has 0 aliphatic heterocycles. The summed E-state index contributed by atoms with van der Waals surface area (Å²) in [6.07, 6.45) is -8.72. The Kier molecular flexibility index (Phi) is 6.80. The number of hydrogen-bond acceptors (Lipinski definition) is 2. The lowest BCUT2D eigenvalue weighted by Gasteiger charge is -2.12. The Morgan fingerprint density at radius 2 is 1.71 bits per heavy atom. The van der Waals surface area contributed by atoms with Crippen LogP contribution in [-0.2, 0) is 6.18 Å². The van der Waals surface area contributed by atoms with Gasteiger partial charge in [0.15, 0.2) is 0 Å². The number of thioether (sulfide) groups is 1. The predicted molar refractivity (Wildman–Crippen MR) is 95.8 cm³/mol. The average Bonchev–Trinajstić information content (AvgIpc) is 2.58. The lowest BCUT2D eigenvalue weighted by atomic mass is 10.0. The fourth-order valence-electron chi connectivity index (χ4n) is 2.41. The summed E-state index contributed by atoms with van der Waals surface area (Å²) in [5, 5.41) is 0. The smallest absolute Gasteiger partial charge is 0.250 e. The van der Waals surface area contributed by atoms with E-state index in [1.165, 1.54) is 25.1 Å². The van der Waals surface area contributed by atoms with Crippen LogP contribution in [0.1, 0.15) is 30.0 Å². The third kappa shape index (κ3) is 5.98. The van der Waals surface area contributed by atoms with Crippen LogP contribution >= 0.6 is 11.8 Å². The number of hydrogen-bond donors (Lipinski definition) is 0. The van der Waals surface area contributed by atoms with Gasteiger partial charge in [0.25, 0.3) is 0 Å². The van der Waals surface area contributed by atoms with E-state index in [9.17, 15) is 30.7 Å². The van der Waals surface area contributed by atoms with Crippen LogP contribution in [0.2, 0.25) is 0 Å². The van der Waals surface area contributed by atoms with E-state index in [2.05, 4.69) is 4.99 Å². The highest BCUT2D eigenvalue weighted by atomic mass is 32.2. The molecule has 28 heavy (non-hydrogen) atoms. The van der Waals surface area contributed by atoms with E-state index >= 15 is 0 Å². The van der Waals surface area contributed by atoms with Gasteiger partial charge in [0.05, 0.1) is 11.3 Å². The molecule has 0 N–H and O–H groups in total. The molecule has 2 aromatic rings. The van der Waals surface area contributed by atoms with Gasteiger partial charge in [0.2, 0.25) is 0 Å². The molecular formula is C19H16F7NS. The van der Waals surface area contributed by atoms with Crippen LogP contribution < -0.4 is 0 Å². The van der Waals surface area contributed by atoms with Gasteiger partial charge in [-0.3, -0.25) is 0 Å². The van der Waals surface area contributed by atoms with Gasteiger partial charge in [0, 0.05) is 10.6 Å². The molecule has 0 aromatic heterocycles. The van der Waals surface area contributed by atoms with Crippen LogP contribution in [0.25, 0.3) is 0 Å². The minimum Gasteiger partial charge on any atom is -0.250 e. The maximum Gasteiger partial charge on any atom is 0.416 e. The Bertz CT molecular complexity index is 870. The Hall–Kier alpha value is -2.03. The van der Waals surface area contributed by atoms with Gasteiger partial charge in [-0.15, -0.1) is 11.8 Å². The summed E-state index contributed by atoms with van der Waals surface area (Å²) in [7, 11) is 0. The largest absolute Gasteiger partial charge is 0.416 e. The van der Waals surface area contributed by atoms with E-state index in [-0.39, 0.29) is 28.3 Å². The van der Waals surface area contributed by atoms with Crippen molar-refractivity contribution in [3.63, 3.8) is 0 Å². The number of rotatable bonds is 5. The molecular weight excluding hydrogens is 407 g/mol. The summed E-state index contributed by atoms with van der Waals surface area (Å²) in [6.45, 7) is 3.12. The van der Waals surface area contributed by atoms with Crippen LogP contribution in [-0.4, -0.2) is 17.6 Å². The molecule has 0 saturated heterocycles. The van der Waals surface area contributed by atoms with Crippen LogP contribution in [0.5, 0.6) is 0 Å². The van der Waals surface area contributed by atoms with Crippen molar-refractivity contribution in [2.45, 2.75) is 37.5 Å². The number of nitrogens with zero attached hydrogens (tertiary/aromatic N) is 1. The highest BCUT2D eigenvalue weighted by Crippen LogP contribution is 2.34. The fourth-order valence-corrected chi connectivity index (χ4v) is 3.21. The van der Waals surface area contributed by atoms with Gasteiger partial charge in [0.1, 0.15) is 11.5 Å². The fraction of sp³-hybridized carbons (Fsp3) is 0.316. The van der Waals surface area contributed by atoms with Crippen molar-refractivity contribution >= 4 is 23.2 Å². The molecule has 0 unspecified atom stereocenters. The Morgan fingerprint density at radius 1 is 1.04 bits per heavy atom. The number of alkyl halides is 6. The lowest BCUT2D eigenvalue weighted by molar-refractivity contribution is -0.137. The molecule has 1 nitrogen and oxygen atoms in total. The summed E-state index contributed by atoms with van der Waals surface area (Å²) < 4.78 is 90.4. The quantitative estimate of drug-likeness (QED) is 0.278. The maximum atomic E-state index is 14.3. The first-order valence-electron chi connectivity index (χ1n) is 8.15. The average molecular weight is 423 g/mol. The first-order valence-corrected chi connectivity index (χ1v) is 9.14. The van der Waals surface area contributed by atoms with Crippen molar-refractivity contribution in [1.29, 1.82) is 0 Å². The monoisotopic (exact) mass is 423 g/mol. The van der Waals surface area contributed by atoms with Crippen LogP contribution in [0, 0.1) is 12.7 Å². The lowest BCUT2D eigenvalue weighted by Crippen LogP contribution is -2.10. The van der Waals surface area contributed by atoms with E-state index in [4.69, 9.17) is 0 Å². The van der Waals surface area contributed by atoms with Crippen molar-refractivity contribution in [2.24, 2.45) is 4.99 Å². The molecule has 0 saturated carbocycles. The number of benzene rings is 2. The minimum atomic E-state index is -4.54.